The summed E-state index contributed by atoms with van der Waals surface area (Å²) in [7, 11) is 5.85. The molecule has 1 N–H and O–H groups in total. The number of pyridine rings is 1. The molecule has 7 heteroatoms. The lowest BCUT2D eigenvalue weighted by molar-refractivity contribution is 0.272. The van der Waals surface area contributed by atoms with Crippen LogP contribution in [0.25, 0.3) is 5.69 Å². The van der Waals surface area contributed by atoms with Crippen LogP contribution in [-0.4, -0.2) is 58.8 Å². The van der Waals surface area contributed by atoms with Crippen molar-refractivity contribution < 1.29 is 4.74 Å². The maximum Gasteiger partial charge on any atom is 0.170 e. The van der Waals surface area contributed by atoms with Crippen molar-refractivity contribution >= 4 is 17.3 Å². The molecular weight excluding hydrogens is 394 g/mol. The van der Waals surface area contributed by atoms with E-state index in [1.165, 1.54) is 0 Å². The Balaban J connectivity index is 1.77. The Labute approximate surface area is 183 Å². The molecule has 1 aromatic carbocycles. The summed E-state index contributed by atoms with van der Waals surface area (Å²) >= 11 is 5.76. The highest BCUT2D eigenvalue weighted by Gasteiger charge is 2.41. The molecule has 6 nitrogen and oxygen atoms in total. The SMILES string of the molecule is COc1cccc(-n2cccc2[C@@H]2[C@H](c3ccccn3)NC(=S)N2CCN(C)C)c1. The molecule has 0 radical (unpaired) electrons. The third-order valence-corrected chi connectivity index (χ3v) is 5.75. The first-order chi connectivity index (χ1) is 14.6. The zero-order chi connectivity index (χ0) is 21.1. The van der Waals surface area contributed by atoms with Crippen LogP contribution in [0.1, 0.15) is 23.5 Å². The highest BCUT2D eigenvalue weighted by Crippen LogP contribution is 2.39. The predicted molar refractivity (Wildman–Crippen MR) is 123 cm³/mol. The summed E-state index contributed by atoms with van der Waals surface area (Å²) in [5.41, 5.74) is 3.19. The monoisotopic (exact) mass is 421 g/mol. The minimum atomic E-state index is -0.0277. The van der Waals surface area contributed by atoms with E-state index in [9.17, 15) is 0 Å². The smallest absolute Gasteiger partial charge is 0.170 e. The topological polar surface area (TPSA) is 45.6 Å². The molecule has 0 amide bonds. The Bertz CT molecular complexity index is 1000. The van der Waals surface area contributed by atoms with E-state index in [-0.39, 0.29) is 12.1 Å². The summed E-state index contributed by atoms with van der Waals surface area (Å²) in [4.78, 5) is 9.08. The molecule has 3 heterocycles. The van der Waals surface area contributed by atoms with Crippen LogP contribution in [0, 0.1) is 0 Å². The van der Waals surface area contributed by atoms with Gasteiger partial charge in [-0.3, -0.25) is 4.98 Å². The normalized spacial score (nSPS) is 18.7. The molecule has 1 fully saturated rings. The van der Waals surface area contributed by atoms with Gasteiger partial charge in [0.1, 0.15) is 5.75 Å². The van der Waals surface area contributed by atoms with Gasteiger partial charge in [-0.2, -0.15) is 0 Å². The number of hydrogen-bond acceptors (Lipinski definition) is 4. The second kappa shape index (κ2) is 8.85. The number of hydrogen-bond donors (Lipinski definition) is 1. The van der Waals surface area contributed by atoms with Gasteiger partial charge in [0.25, 0.3) is 0 Å². The second-order valence-corrected chi connectivity index (χ2v) is 8.01. The Morgan fingerprint density at radius 3 is 2.73 bits per heavy atom. The van der Waals surface area contributed by atoms with Gasteiger partial charge in [-0.05, 0) is 62.7 Å². The van der Waals surface area contributed by atoms with Crippen molar-refractivity contribution in [3.63, 3.8) is 0 Å². The fourth-order valence-corrected chi connectivity index (χ4v) is 4.24. The Morgan fingerprint density at radius 1 is 1.13 bits per heavy atom. The summed E-state index contributed by atoms with van der Waals surface area (Å²) < 4.78 is 7.65. The van der Waals surface area contributed by atoms with Crippen LogP contribution in [0.4, 0.5) is 0 Å². The summed E-state index contributed by atoms with van der Waals surface area (Å²) in [5.74, 6) is 0.831. The van der Waals surface area contributed by atoms with E-state index in [1.807, 2.05) is 36.5 Å². The minimum Gasteiger partial charge on any atom is -0.497 e. The van der Waals surface area contributed by atoms with Gasteiger partial charge in [0.2, 0.25) is 0 Å². The highest BCUT2D eigenvalue weighted by molar-refractivity contribution is 7.80. The molecule has 0 spiro atoms. The van der Waals surface area contributed by atoms with Gasteiger partial charge in [-0.25, -0.2) is 0 Å². The van der Waals surface area contributed by atoms with Crippen LogP contribution in [0.2, 0.25) is 0 Å². The van der Waals surface area contributed by atoms with Gasteiger partial charge in [0.15, 0.2) is 5.11 Å². The fraction of sp³-hybridized carbons (Fsp3) is 0.304. The number of aromatic nitrogens is 2. The Morgan fingerprint density at radius 2 is 2.00 bits per heavy atom. The summed E-state index contributed by atoms with van der Waals surface area (Å²) in [5, 5.41) is 4.28. The molecule has 30 heavy (non-hydrogen) atoms. The first-order valence-electron chi connectivity index (χ1n) is 10.0. The molecule has 1 saturated heterocycles. The van der Waals surface area contributed by atoms with E-state index in [0.29, 0.717) is 0 Å². The number of thiocarbonyl (C=S) groups is 1. The molecule has 0 aliphatic carbocycles. The molecule has 0 saturated carbocycles. The lowest BCUT2D eigenvalue weighted by Crippen LogP contribution is -2.36. The number of nitrogens with one attached hydrogen (secondary N) is 1. The number of benzene rings is 1. The number of rotatable bonds is 7. The standard InChI is InChI=1S/C23H27N5OS/c1-26(2)14-15-28-22(21(25-23(28)30)19-10-4-5-12-24-19)20-11-7-13-27(20)17-8-6-9-18(16-17)29-3/h4-13,16,21-22H,14-15H2,1-3H3,(H,25,30)/t21-,22+/m0/s1. The van der Waals surface area contributed by atoms with Gasteiger partial charge in [0.05, 0.1) is 24.9 Å². The zero-order valence-electron chi connectivity index (χ0n) is 17.5. The fourth-order valence-electron chi connectivity index (χ4n) is 3.91. The third kappa shape index (κ3) is 4.04. The van der Waals surface area contributed by atoms with Crippen molar-refractivity contribution in [1.29, 1.82) is 0 Å². The summed E-state index contributed by atoms with van der Waals surface area (Å²) in [6.07, 6.45) is 3.92. The number of nitrogens with zero attached hydrogens (tertiary/aromatic N) is 4. The van der Waals surface area contributed by atoms with Gasteiger partial charge in [-0.1, -0.05) is 12.1 Å². The van der Waals surface area contributed by atoms with Crippen LogP contribution in [0.5, 0.6) is 5.75 Å². The van der Waals surface area contributed by atoms with Gasteiger partial charge < -0.3 is 24.4 Å². The molecular formula is C23H27N5OS. The van der Waals surface area contributed by atoms with Crippen molar-refractivity contribution in [2.45, 2.75) is 12.1 Å². The molecule has 2 aromatic heterocycles. The largest absolute Gasteiger partial charge is 0.497 e. The van der Waals surface area contributed by atoms with Crippen LogP contribution in [0.15, 0.2) is 67.0 Å². The minimum absolute atomic E-state index is 0.0218. The van der Waals surface area contributed by atoms with Crippen LogP contribution in [0.3, 0.4) is 0 Å². The van der Waals surface area contributed by atoms with Gasteiger partial charge in [-0.15, -0.1) is 0 Å². The van der Waals surface area contributed by atoms with Crippen molar-refractivity contribution in [2.75, 3.05) is 34.3 Å². The first-order valence-corrected chi connectivity index (χ1v) is 10.4. The second-order valence-electron chi connectivity index (χ2n) is 7.63. The molecule has 156 valence electrons. The molecule has 1 aliphatic rings. The van der Waals surface area contributed by atoms with Crippen molar-refractivity contribution in [1.82, 2.24) is 24.7 Å². The van der Waals surface area contributed by atoms with E-state index in [4.69, 9.17) is 17.0 Å². The van der Waals surface area contributed by atoms with Gasteiger partial charge in [0, 0.05) is 42.9 Å². The van der Waals surface area contributed by atoms with Crippen molar-refractivity contribution in [2.24, 2.45) is 0 Å². The average Bonchev–Trinajstić information content (AvgIpc) is 3.37. The maximum absolute atomic E-state index is 5.76. The lowest BCUT2D eigenvalue weighted by atomic mass is 10.0. The Kier molecular flexibility index (Phi) is 6.01. The van der Waals surface area contributed by atoms with E-state index in [0.717, 1.165) is 41.0 Å². The maximum atomic E-state index is 5.76. The highest BCUT2D eigenvalue weighted by atomic mass is 32.1. The Hall–Kier alpha value is -2.90. The number of ether oxygens (including phenoxy) is 1. The average molecular weight is 422 g/mol. The van der Waals surface area contributed by atoms with E-state index < -0.39 is 0 Å². The van der Waals surface area contributed by atoms with Gasteiger partial charge >= 0.3 is 0 Å². The predicted octanol–water partition coefficient (Wildman–Crippen LogP) is 3.42. The summed E-state index contributed by atoms with van der Waals surface area (Å²) in [6.45, 7) is 1.74. The lowest BCUT2D eigenvalue weighted by Gasteiger charge is -2.29. The van der Waals surface area contributed by atoms with E-state index >= 15 is 0 Å². The molecule has 3 aromatic rings. The molecule has 2 atom stereocenters. The quantitative estimate of drug-likeness (QED) is 0.590. The number of methoxy groups -OCH3 is 1. The van der Waals surface area contributed by atoms with Crippen molar-refractivity contribution in [3.05, 3.63) is 78.4 Å². The zero-order valence-corrected chi connectivity index (χ0v) is 18.3. The van der Waals surface area contributed by atoms with Crippen LogP contribution < -0.4 is 10.1 Å². The van der Waals surface area contributed by atoms with E-state index in [1.54, 1.807) is 7.11 Å². The molecule has 4 rings (SSSR count). The van der Waals surface area contributed by atoms with Crippen molar-refractivity contribution in [3.8, 4) is 11.4 Å². The first kappa shape index (κ1) is 20.4. The van der Waals surface area contributed by atoms with Crippen LogP contribution >= 0.6 is 12.2 Å². The third-order valence-electron chi connectivity index (χ3n) is 5.40. The van der Waals surface area contributed by atoms with E-state index in [2.05, 4.69) is 69.2 Å². The molecule has 0 unspecified atom stereocenters. The molecule has 0 bridgehead atoms. The number of likely N-dealkylation sites (N-methyl/N-ethyl adjacent to an activating group) is 1. The molecule has 1 aliphatic heterocycles. The summed E-state index contributed by atoms with van der Waals surface area (Å²) in [6, 6.07) is 18.4. The van der Waals surface area contributed by atoms with Crippen LogP contribution in [-0.2, 0) is 0 Å².